The van der Waals surface area contributed by atoms with Crippen molar-refractivity contribution < 1.29 is 24.6 Å². The normalized spacial score (nSPS) is 11.1. The van der Waals surface area contributed by atoms with Gasteiger partial charge in [-0.15, -0.1) is 0 Å². The summed E-state index contributed by atoms with van der Waals surface area (Å²) in [6.07, 6.45) is 8.47. The van der Waals surface area contributed by atoms with Gasteiger partial charge in [-0.3, -0.25) is 14.4 Å². The lowest BCUT2D eigenvalue weighted by Gasteiger charge is -2.21. The molecule has 0 aromatic heterocycles. The van der Waals surface area contributed by atoms with E-state index in [-0.39, 0.29) is 6.42 Å². The highest BCUT2D eigenvalue weighted by Gasteiger charge is 2.51. The van der Waals surface area contributed by atoms with E-state index in [9.17, 15) is 14.4 Å². The van der Waals surface area contributed by atoms with E-state index >= 15 is 0 Å². The predicted molar refractivity (Wildman–Crippen MR) is 80.1 cm³/mol. The molecule has 5 nitrogen and oxygen atoms in total. The van der Waals surface area contributed by atoms with E-state index in [1.54, 1.807) is 0 Å². The Balaban J connectivity index is 4.33. The van der Waals surface area contributed by atoms with Crippen molar-refractivity contribution in [3.05, 3.63) is 12.7 Å². The number of carbonyl (C=O) groups is 3. The SMILES string of the molecule is C=CC(=O)C(CCCCCCCCCC)(C(=O)O)C(=O)O. The van der Waals surface area contributed by atoms with E-state index in [2.05, 4.69) is 13.5 Å². The molecule has 0 bridgehead atoms. The molecule has 0 fully saturated rings. The number of carboxylic acids is 2. The van der Waals surface area contributed by atoms with Crippen LogP contribution in [0.15, 0.2) is 12.7 Å². The van der Waals surface area contributed by atoms with Gasteiger partial charge >= 0.3 is 11.9 Å². The molecule has 0 rings (SSSR count). The van der Waals surface area contributed by atoms with Crippen molar-refractivity contribution in [1.29, 1.82) is 0 Å². The fourth-order valence-electron chi connectivity index (χ4n) is 2.34. The number of hydrogen-bond acceptors (Lipinski definition) is 3. The number of carboxylic acid groups (broad SMARTS) is 2. The van der Waals surface area contributed by atoms with E-state index < -0.39 is 23.1 Å². The molecule has 0 aliphatic heterocycles. The fraction of sp³-hybridized carbons (Fsp3) is 0.688. The molecule has 0 unspecified atom stereocenters. The van der Waals surface area contributed by atoms with Crippen LogP contribution in [0, 0.1) is 5.41 Å². The van der Waals surface area contributed by atoms with E-state index in [0.717, 1.165) is 31.8 Å². The predicted octanol–water partition coefficient (Wildman–Crippen LogP) is 3.43. The third kappa shape index (κ3) is 5.69. The van der Waals surface area contributed by atoms with Crippen LogP contribution in [0.3, 0.4) is 0 Å². The van der Waals surface area contributed by atoms with Crippen molar-refractivity contribution in [2.24, 2.45) is 5.41 Å². The summed E-state index contributed by atoms with van der Waals surface area (Å²) in [6, 6.07) is 0. The van der Waals surface area contributed by atoms with Crippen LogP contribution in [0.1, 0.15) is 64.7 Å². The molecule has 0 saturated carbocycles. The molecule has 0 saturated heterocycles. The first kappa shape index (κ1) is 19.4. The molecule has 0 aromatic rings. The van der Waals surface area contributed by atoms with Crippen LogP contribution >= 0.6 is 0 Å². The third-order valence-corrected chi connectivity index (χ3v) is 3.74. The van der Waals surface area contributed by atoms with Crippen LogP contribution in [0.5, 0.6) is 0 Å². The highest BCUT2D eigenvalue weighted by atomic mass is 16.4. The topological polar surface area (TPSA) is 91.7 Å². The van der Waals surface area contributed by atoms with Gasteiger partial charge in [0.25, 0.3) is 0 Å². The molecule has 0 heterocycles. The Morgan fingerprint density at radius 2 is 1.33 bits per heavy atom. The minimum Gasteiger partial charge on any atom is -0.480 e. The summed E-state index contributed by atoms with van der Waals surface area (Å²) in [5.74, 6) is -4.17. The molecule has 0 spiro atoms. The maximum absolute atomic E-state index is 11.7. The van der Waals surface area contributed by atoms with Crippen molar-refractivity contribution in [2.45, 2.75) is 64.7 Å². The molecule has 0 aromatic carbocycles. The Hall–Kier alpha value is -1.65. The molecule has 21 heavy (non-hydrogen) atoms. The van der Waals surface area contributed by atoms with Gasteiger partial charge in [-0.25, -0.2) is 0 Å². The molecule has 0 atom stereocenters. The summed E-state index contributed by atoms with van der Waals surface area (Å²) in [7, 11) is 0. The maximum Gasteiger partial charge on any atom is 0.329 e. The van der Waals surface area contributed by atoms with Gasteiger partial charge in [-0.1, -0.05) is 64.9 Å². The molecule has 0 amide bonds. The van der Waals surface area contributed by atoms with Gasteiger partial charge in [0, 0.05) is 0 Å². The first-order valence-electron chi connectivity index (χ1n) is 7.57. The van der Waals surface area contributed by atoms with Crippen LogP contribution in [0.4, 0.5) is 0 Å². The summed E-state index contributed by atoms with van der Waals surface area (Å²) in [5.41, 5.74) is -2.37. The second kappa shape index (κ2) is 10.1. The number of aliphatic carboxylic acids is 2. The average Bonchev–Trinajstić information content (AvgIpc) is 2.44. The second-order valence-electron chi connectivity index (χ2n) is 5.31. The highest BCUT2D eigenvalue weighted by Crippen LogP contribution is 2.28. The highest BCUT2D eigenvalue weighted by molar-refractivity contribution is 6.22. The Bertz CT molecular complexity index is 359. The van der Waals surface area contributed by atoms with E-state index in [1.807, 2.05) is 0 Å². The van der Waals surface area contributed by atoms with Gasteiger partial charge < -0.3 is 10.2 Å². The number of allylic oxidation sites excluding steroid dienone is 1. The summed E-state index contributed by atoms with van der Waals surface area (Å²) in [6.45, 7) is 5.35. The maximum atomic E-state index is 11.7. The fourth-order valence-corrected chi connectivity index (χ4v) is 2.34. The van der Waals surface area contributed by atoms with Crippen molar-refractivity contribution in [2.75, 3.05) is 0 Å². The van der Waals surface area contributed by atoms with Gasteiger partial charge in [0.2, 0.25) is 5.41 Å². The molecule has 2 N–H and O–H groups in total. The van der Waals surface area contributed by atoms with Crippen LogP contribution in [0.2, 0.25) is 0 Å². The zero-order valence-electron chi connectivity index (χ0n) is 12.8. The lowest BCUT2D eigenvalue weighted by Crippen LogP contribution is -2.45. The number of unbranched alkanes of at least 4 members (excludes halogenated alkanes) is 7. The van der Waals surface area contributed by atoms with Gasteiger partial charge in [0.15, 0.2) is 5.78 Å². The molecular weight excluding hydrogens is 272 g/mol. The zero-order chi connectivity index (χ0) is 16.3. The Labute approximate surface area is 126 Å². The number of ketones is 1. The Kier molecular flexibility index (Phi) is 9.34. The lowest BCUT2D eigenvalue weighted by atomic mass is 9.78. The molecule has 5 heteroatoms. The van der Waals surface area contributed by atoms with Gasteiger partial charge in [-0.2, -0.15) is 0 Å². The van der Waals surface area contributed by atoms with E-state index in [4.69, 9.17) is 10.2 Å². The summed E-state index contributed by atoms with van der Waals surface area (Å²) < 4.78 is 0. The summed E-state index contributed by atoms with van der Waals surface area (Å²) in [4.78, 5) is 34.2. The first-order chi connectivity index (χ1) is 9.93. The summed E-state index contributed by atoms with van der Waals surface area (Å²) in [5, 5.41) is 18.3. The molecule has 120 valence electrons. The number of rotatable bonds is 13. The first-order valence-corrected chi connectivity index (χ1v) is 7.57. The standard InChI is InChI=1S/C16H26O5/c1-3-5-6-7-8-9-10-11-12-16(14(18)19,15(20)21)13(17)4-2/h4H,2-3,5-12H2,1H3,(H,18,19)(H,20,21). The number of hydrogen-bond donors (Lipinski definition) is 2. The Morgan fingerprint density at radius 3 is 1.71 bits per heavy atom. The minimum atomic E-state index is -2.37. The van der Waals surface area contributed by atoms with Gasteiger partial charge in [0.05, 0.1) is 0 Å². The quantitative estimate of drug-likeness (QED) is 0.309. The van der Waals surface area contributed by atoms with Crippen LogP contribution in [-0.2, 0) is 14.4 Å². The lowest BCUT2D eigenvalue weighted by molar-refractivity contribution is -0.167. The molecular formula is C16H26O5. The Morgan fingerprint density at radius 1 is 0.905 bits per heavy atom. The second-order valence-corrected chi connectivity index (χ2v) is 5.31. The summed E-state index contributed by atoms with van der Waals surface area (Å²) >= 11 is 0. The third-order valence-electron chi connectivity index (χ3n) is 3.74. The van der Waals surface area contributed by atoms with Gasteiger partial charge in [0.1, 0.15) is 0 Å². The van der Waals surface area contributed by atoms with Crippen molar-refractivity contribution in [3.63, 3.8) is 0 Å². The number of carbonyl (C=O) groups excluding carboxylic acids is 1. The molecule has 0 radical (unpaired) electrons. The smallest absolute Gasteiger partial charge is 0.329 e. The zero-order valence-corrected chi connectivity index (χ0v) is 12.8. The van der Waals surface area contributed by atoms with Crippen molar-refractivity contribution >= 4 is 17.7 Å². The largest absolute Gasteiger partial charge is 0.480 e. The van der Waals surface area contributed by atoms with Crippen molar-refractivity contribution in [1.82, 2.24) is 0 Å². The van der Waals surface area contributed by atoms with E-state index in [1.165, 1.54) is 19.3 Å². The van der Waals surface area contributed by atoms with Gasteiger partial charge in [-0.05, 0) is 12.5 Å². The molecule has 0 aliphatic rings. The monoisotopic (exact) mass is 298 g/mol. The van der Waals surface area contributed by atoms with Crippen LogP contribution in [0.25, 0.3) is 0 Å². The van der Waals surface area contributed by atoms with Crippen molar-refractivity contribution in [3.8, 4) is 0 Å². The van der Waals surface area contributed by atoms with E-state index in [0.29, 0.717) is 6.42 Å². The van der Waals surface area contributed by atoms with Crippen LogP contribution < -0.4 is 0 Å². The molecule has 0 aliphatic carbocycles. The average molecular weight is 298 g/mol. The van der Waals surface area contributed by atoms with Crippen LogP contribution in [-0.4, -0.2) is 27.9 Å². The minimum absolute atomic E-state index is 0.183.